The van der Waals surface area contributed by atoms with Gasteiger partial charge in [0.1, 0.15) is 0 Å². The number of nitrogen functional groups attached to an aromatic ring is 1. The summed E-state index contributed by atoms with van der Waals surface area (Å²) in [6, 6.07) is 5.91. The zero-order valence-corrected chi connectivity index (χ0v) is 11.9. The van der Waals surface area contributed by atoms with Crippen molar-refractivity contribution in [3.63, 3.8) is 0 Å². The molecule has 0 heterocycles. The van der Waals surface area contributed by atoms with E-state index < -0.39 is 0 Å². The molecule has 4 unspecified atom stereocenters. The first-order valence-electron chi connectivity index (χ1n) is 7.78. The van der Waals surface area contributed by atoms with Gasteiger partial charge in [-0.1, -0.05) is 12.1 Å². The lowest BCUT2D eigenvalue weighted by Crippen LogP contribution is -2.27. The molecule has 1 amide bonds. The summed E-state index contributed by atoms with van der Waals surface area (Å²) < 4.78 is 0. The van der Waals surface area contributed by atoms with Gasteiger partial charge in [-0.2, -0.15) is 0 Å². The van der Waals surface area contributed by atoms with Crippen molar-refractivity contribution in [2.45, 2.75) is 32.7 Å². The molecule has 20 heavy (non-hydrogen) atoms. The van der Waals surface area contributed by atoms with Crippen LogP contribution >= 0.6 is 0 Å². The van der Waals surface area contributed by atoms with Crippen molar-refractivity contribution in [3.05, 3.63) is 29.3 Å². The Morgan fingerprint density at radius 2 is 2.00 bits per heavy atom. The summed E-state index contributed by atoms with van der Waals surface area (Å²) in [5.74, 6) is 3.75. The maximum Gasteiger partial charge on any atom is 0.223 e. The molecular weight excluding hydrogens is 248 g/mol. The van der Waals surface area contributed by atoms with E-state index in [1.54, 1.807) is 0 Å². The highest BCUT2D eigenvalue weighted by molar-refractivity contribution is 5.82. The van der Waals surface area contributed by atoms with E-state index in [2.05, 4.69) is 5.32 Å². The molecular formula is C17H22N2O. The molecule has 0 saturated heterocycles. The van der Waals surface area contributed by atoms with Gasteiger partial charge in [0.25, 0.3) is 0 Å². The first kappa shape index (κ1) is 12.2. The van der Waals surface area contributed by atoms with E-state index in [1.165, 1.54) is 19.3 Å². The fraction of sp³-hybridized carbons (Fsp3) is 0.588. The number of hydrogen-bond acceptors (Lipinski definition) is 2. The van der Waals surface area contributed by atoms with Crippen molar-refractivity contribution in [1.29, 1.82) is 0 Å². The third-order valence-corrected chi connectivity index (χ3v) is 5.98. The maximum absolute atomic E-state index is 12.4. The average Bonchev–Trinajstić information content (AvgIpc) is 2.88. The Labute approximate surface area is 119 Å². The first-order valence-corrected chi connectivity index (χ1v) is 7.78. The molecule has 0 aliphatic heterocycles. The van der Waals surface area contributed by atoms with E-state index >= 15 is 0 Å². The highest BCUT2D eigenvalue weighted by Crippen LogP contribution is 2.69. The minimum absolute atomic E-state index is 0.276. The third-order valence-electron chi connectivity index (χ3n) is 5.98. The van der Waals surface area contributed by atoms with E-state index in [0.717, 1.165) is 40.5 Å². The molecule has 3 N–H and O–H groups in total. The normalized spacial score (nSPS) is 36.8. The van der Waals surface area contributed by atoms with Gasteiger partial charge in [0.15, 0.2) is 0 Å². The van der Waals surface area contributed by atoms with E-state index in [4.69, 9.17) is 5.73 Å². The van der Waals surface area contributed by atoms with Gasteiger partial charge < -0.3 is 11.1 Å². The van der Waals surface area contributed by atoms with Crippen LogP contribution in [-0.4, -0.2) is 5.91 Å². The minimum atomic E-state index is 0.276. The number of nitrogens with two attached hydrogens (primary N) is 1. The fourth-order valence-corrected chi connectivity index (χ4v) is 4.87. The van der Waals surface area contributed by atoms with Gasteiger partial charge in [0, 0.05) is 18.2 Å². The van der Waals surface area contributed by atoms with Gasteiger partial charge >= 0.3 is 0 Å². The Morgan fingerprint density at radius 1 is 1.30 bits per heavy atom. The smallest absolute Gasteiger partial charge is 0.223 e. The second kappa shape index (κ2) is 4.24. The number of benzene rings is 1. The minimum Gasteiger partial charge on any atom is -0.399 e. The van der Waals surface area contributed by atoms with Crippen molar-refractivity contribution in [3.8, 4) is 0 Å². The summed E-state index contributed by atoms with van der Waals surface area (Å²) in [5.41, 5.74) is 8.93. The molecule has 1 aromatic rings. The molecule has 0 radical (unpaired) electrons. The van der Waals surface area contributed by atoms with E-state index in [9.17, 15) is 4.79 Å². The number of carbonyl (C=O) groups excluding carboxylic acids is 1. The van der Waals surface area contributed by atoms with Crippen molar-refractivity contribution >= 4 is 11.6 Å². The Bertz CT molecular complexity index is 552. The van der Waals surface area contributed by atoms with Crippen LogP contribution in [0.4, 0.5) is 5.69 Å². The Kier molecular flexibility index (Phi) is 2.60. The predicted molar refractivity (Wildman–Crippen MR) is 78.7 cm³/mol. The Hall–Kier alpha value is -1.51. The summed E-state index contributed by atoms with van der Waals surface area (Å²) in [6.45, 7) is 2.63. The van der Waals surface area contributed by atoms with Crippen LogP contribution in [0.1, 0.15) is 30.4 Å². The molecule has 106 valence electrons. The van der Waals surface area contributed by atoms with E-state index in [0.29, 0.717) is 12.5 Å². The first-order chi connectivity index (χ1) is 9.66. The molecule has 4 atom stereocenters. The topological polar surface area (TPSA) is 55.1 Å². The molecule has 0 aromatic heterocycles. The number of anilines is 1. The second-order valence-corrected chi connectivity index (χ2v) is 6.86. The molecule has 3 heteroatoms. The highest BCUT2D eigenvalue weighted by Gasteiger charge is 2.67. The van der Waals surface area contributed by atoms with Gasteiger partial charge in [0.2, 0.25) is 5.91 Å². The summed E-state index contributed by atoms with van der Waals surface area (Å²) in [7, 11) is 0. The standard InChI is InChI=1S/C17H22N2O/c1-9-12(3-2-4-13(9)18)8-19-17(20)16-14-10-5-6-11(7-10)15(14)16/h2-4,10-11,14-16H,5-8,18H2,1H3,(H,19,20). The largest absolute Gasteiger partial charge is 0.399 e. The lowest BCUT2D eigenvalue weighted by atomic mass is 10.0. The number of hydrogen-bond donors (Lipinski definition) is 2. The lowest BCUT2D eigenvalue weighted by molar-refractivity contribution is -0.123. The quantitative estimate of drug-likeness (QED) is 0.829. The lowest BCUT2D eigenvalue weighted by Gasteiger charge is -2.12. The number of nitrogens with one attached hydrogen (secondary N) is 1. The summed E-state index contributed by atoms with van der Waals surface area (Å²) >= 11 is 0. The van der Waals surface area contributed by atoms with Crippen LogP contribution in [0, 0.1) is 36.5 Å². The van der Waals surface area contributed by atoms with Crippen LogP contribution in [0.2, 0.25) is 0 Å². The SMILES string of the molecule is Cc1c(N)cccc1CNC(=O)C1C2C3CCC(C3)C12. The molecule has 2 bridgehead atoms. The number of rotatable bonds is 3. The second-order valence-electron chi connectivity index (χ2n) is 6.86. The van der Waals surface area contributed by atoms with Crippen LogP contribution in [0.25, 0.3) is 0 Å². The average molecular weight is 270 g/mol. The van der Waals surface area contributed by atoms with Crippen LogP contribution < -0.4 is 11.1 Å². The van der Waals surface area contributed by atoms with E-state index in [-0.39, 0.29) is 5.91 Å². The molecule has 3 saturated carbocycles. The predicted octanol–water partition coefficient (Wildman–Crippen LogP) is 2.49. The highest BCUT2D eigenvalue weighted by atomic mass is 16.2. The van der Waals surface area contributed by atoms with Crippen LogP contribution in [-0.2, 0) is 11.3 Å². The maximum atomic E-state index is 12.4. The molecule has 0 spiro atoms. The summed E-state index contributed by atoms with van der Waals surface area (Å²) in [5, 5.41) is 3.13. The zero-order valence-electron chi connectivity index (χ0n) is 11.9. The monoisotopic (exact) mass is 270 g/mol. The van der Waals surface area contributed by atoms with Gasteiger partial charge in [-0.3, -0.25) is 4.79 Å². The van der Waals surface area contributed by atoms with Crippen molar-refractivity contribution < 1.29 is 4.79 Å². The van der Waals surface area contributed by atoms with Gasteiger partial charge in [-0.05, 0) is 67.1 Å². The summed E-state index contributed by atoms with van der Waals surface area (Å²) in [4.78, 5) is 12.4. The molecule has 3 fully saturated rings. The molecule has 3 nitrogen and oxygen atoms in total. The Morgan fingerprint density at radius 3 is 2.70 bits per heavy atom. The molecule has 1 aromatic carbocycles. The van der Waals surface area contributed by atoms with Gasteiger partial charge in [0.05, 0.1) is 0 Å². The van der Waals surface area contributed by atoms with Gasteiger partial charge in [-0.25, -0.2) is 0 Å². The zero-order chi connectivity index (χ0) is 13.9. The van der Waals surface area contributed by atoms with Crippen molar-refractivity contribution in [2.24, 2.45) is 29.6 Å². The van der Waals surface area contributed by atoms with Crippen LogP contribution in [0.5, 0.6) is 0 Å². The number of fused-ring (bicyclic) bond motifs is 5. The Balaban J connectivity index is 1.39. The van der Waals surface area contributed by atoms with E-state index in [1.807, 2.05) is 25.1 Å². The number of amides is 1. The van der Waals surface area contributed by atoms with Gasteiger partial charge in [-0.15, -0.1) is 0 Å². The fourth-order valence-electron chi connectivity index (χ4n) is 4.87. The van der Waals surface area contributed by atoms with Crippen molar-refractivity contribution in [2.75, 3.05) is 5.73 Å². The van der Waals surface area contributed by atoms with Crippen LogP contribution in [0.3, 0.4) is 0 Å². The van der Waals surface area contributed by atoms with Crippen molar-refractivity contribution in [1.82, 2.24) is 5.32 Å². The van der Waals surface area contributed by atoms with Crippen LogP contribution in [0.15, 0.2) is 18.2 Å². The third kappa shape index (κ3) is 1.68. The number of carbonyl (C=O) groups is 1. The molecule has 3 aliphatic rings. The summed E-state index contributed by atoms with van der Waals surface area (Å²) in [6.07, 6.45) is 4.13. The molecule has 4 rings (SSSR count). The molecule has 3 aliphatic carbocycles.